The number of nitrogens with one attached hydrogen (secondary N) is 1. The van der Waals surface area contributed by atoms with Crippen molar-refractivity contribution in [3.8, 4) is 11.1 Å². The number of nitrogens with zero attached hydrogens (tertiary/aromatic N) is 1. The van der Waals surface area contributed by atoms with Crippen molar-refractivity contribution in [1.29, 1.82) is 0 Å². The van der Waals surface area contributed by atoms with Crippen molar-refractivity contribution in [2.45, 2.75) is 0 Å². The van der Waals surface area contributed by atoms with Crippen LogP contribution in [0.2, 0.25) is 0 Å². The van der Waals surface area contributed by atoms with Crippen LogP contribution in [0.15, 0.2) is 84.9 Å². The SMILES string of the molecule is O=C(COC(=O)/C=C/c1cccc([N+](=O)[O-])c1)Nc1ccccc1-c1ccccc1. The van der Waals surface area contributed by atoms with Crippen LogP contribution in [0.4, 0.5) is 11.4 Å². The number of non-ortho nitro benzene ring substituents is 1. The molecule has 0 fully saturated rings. The minimum absolute atomic E-state index is 0.0815. The van der Waals surface area contributed by atoms with E-state index in [1.165, 1.54) is 24.3 Å². The Balaban J connectivity index is 1.57. The quantitative estimate of drug-likeness (QED) is 0.272. The van der Waals surface area contributed by atoms with Crippen LogP contribution in [0.3, 0.4) is 0 Å². The van der Waals surface area contributed by atoms with E-state index in [4.69, 9.17) is 4.74 Å². The van der Waals surface area contributed by atoms with Crippen molar-refractivity contribution in [1.82, 2.24) is 0 Å². The molecule has 0 saturated carbocycles. The molecule has 0 aliphatic heterocycles. The summed E-state index contributed by atoms with van der Waals surface area (Å²) in [5.41, 5.74) is 2.80. The normalized spacial score (nSPS) is 10.5. The molecule has 0 radical (unpaired) electrons. The number of esters is 1. The number of rotatable bonds is 7. The number of benzene rings is 3. The molecule has 7 nitrogen and oxygen atoms in total. The molecule has 0 aliphatic rings. The lowest BCUT2D eigenvalue weighted by Crippen LogP contribution is -2.20. The van der Waals surface area contributed by atoms with Crippen molar-refractivity contribution in [2.75, 3.05) is 11.9 Å². The predicted octanol–water partition coefficient (Wildman–Crippen LogP) is 4.46. The summed E-state index contributed by atoms with van der Waals surface area (Å²) < 4.78 is 4.95. The van der Waals surface area contributed by atoms with Gasteiger partial charge in [0.15, 0.2) is 6.61 Å². The van der Waals surface area contributed by atoms with Crippen LogP contribution < -0.4 is 5.32 Å². The van der Waals surface area contributed by atoms with Gasteiger partial charge in [0.05, 0.1) is 4.92 Å². The third-order valence-electron chi connectivity index (χ3n) is 4.12. The standard InChI is InChI=1S/C23H18N2O5/c26-22(24-21-12-5-4-11-20(21)18-8-2-1-3-9-18)16-30-23(27)14-13-17-7-6-10-19(15-17)25(28)29/h1-15H,16H2,(H,24,26)/b14-13+. The van der Waals surface area contributed by atoms with Crippen molar-refractivity contribution in [3.63, 3.8) is 0 Å². The van der Waals surface area contributed by atoms with Crippen LogP contribution in [0, 0.1) is 10.1 Å². The number of hydrogen-bond acceptors (Lipinski definition) is 5. The molecule has 3 rings (SSSR count). The lowest BCUT2D eigenvalue weighted by molar-refractivity contribution is -0.384. The van der Waals surface area contributed by atoms with E-state index < -0.39 is 23.4 Å². The fraction of sp³-hybridized carbons (Fsp3) is 0.0435. The number of nitro groups is 1. The smallest absolute Gasteiger partial charge is 0.331 e. The van der Waals surface area contributed by atoms with Crippen molar-refractivity contribution < 1.29 is 19.2 Å². The van der Waals surface area contributed by atoms with Gasteiger partial charge >= 0.3 is 5.97 Å². The Kier molecular flexibility index (Phi) is 6.68. The highest BCUT2D eigenvalue weighted by Crippen LogP contribution is 2.27. The van der Waals surface area contributed by atoms with Crippen LogP contribution in [0.1, 0.15) is 5.56 Å². The predicted molar refractivity (Wildman–Crippen MR) is 114 cm³/mol. The topological polar surface area (TPSA) is 98.5 Å². The minimum atomic E-state index is -0.729. The Hall–Kier alpha value is -4.26. The van der Waals surface area contributed by atoms with Gasteiger partial charge < -0.3 is 10.1 Å². The van der Waals surface area contributed by atoms with Gasteiger partial charge in [-0.2, -0.15) is 0 Å². The Morgan fingerprint density at radius 2 is 1.70 bits per heavy atom. The molecule has 3 aromatic rings. The number of amides is 1. The second kappa shape index (κ2) is 9.79. The van der Waals surface area contributed by atoms with Gasteiger partial charge in [-0.15, -0.1) is 0 Å². The molecule has 0 atom stereocenters. The van der Waals surface area contributed by atoms with Gasteiger partial charge in [0.2, 0.25) is 0 Å². The first-order chi connectivity index (χ1) is 14.5. The maximum absolute atomic E-state index is 12.2. The molecule has 3 aromatic carbocycles. The van der Waals surface area contributed by atoms with E-state index in [2.05, 4.69) is 5.32 Å². The number of carbonyl (C=O) groups excluding carboxylic acids is 2. The average molecular weight is 402 g/mol. The minimum Gasteiger partial charge on any atom is -0.452 e. The molecular weight excluding hydrogens is 384 g/mol. The average Bonchev–Trinajstić information content (AvgIpc) is 2.77. The Bertz CT molecular complexity index is 1090. The lowest BCUT2D eigenvalue weighted by atomic mass is 10.0. The highest BCUT2D eigenvalue weighted by Gasteiger charge is 2.10. The maximum Gasteiger partial charge on any atom is 0.331 e. The first kappa shape index (κ1) is 20.5. The molecule has 0 spiro atoms. The highest BCUT2D eigenvalue weighted by molar-refractivity contribution is 5.97. The molecule has 1 amide bonds. The Labute approximate surface area is 172 Å². The van der Waals surface area contributed by atoms with Crippen molar-refractivity contribution in [3.05, 3.63) is 101 Å². The van der Waals surface area contributed by atoms with E-state index in [1.54, 1.807) is 18.2 Å². The summed E-state index contributed by atoms with van der Waals surface area (Å²) in [4.78, 5) is 34.3. The molecule has 30 heavy (non-hydrogen) atoms. The molecular formula is C23H18N2O5. The van der Waals surface area contributed by atoms with Gasteiger partial charge in [-0.1, -0.05) is 60.7 Å². The van der Waals surface area contributed by atoms with Crippen LogP contribution in [-0.4, -0.2) is 23.4 Å². The third-order valence-corrected chi connectivity index (χ3v) is 4.12. The van der Waals surface area contributed by atoms with Crippen LogP contribution in [-0.2, 0) is 14.3 Å². The number of nitro benzene ring substituents is 1. The molecule has 0 aliphatic carbocycles. The Morgan fingerprint density at radius 1 is 0.967 bits per heavy atom. The first-order valence-electron chi connectivity index (χ1n) is 9.06. The number of carbonyl (C=O) groups is 2. The van der Waals surface area contributed by atoms with Crippen molar-refractivity contribution in [2.24, 2.45) is 0 Å². The molecule has 150 valence electrons. The van der Waals surface area contributed by atoms with Crippen molar-refractivity contribution >= 4 is 29.3 Å². The number of hydrogen-bond donors (Lipinski definition) is 1. The summed E-state index contributed by atoms with van der Waals surface area (Å²) in [6.45, 7) is -0.457. The van der Waals surface area contributed by atoms with E-state index >= 15 is 0 Å². The lowest BCUT2D eigenvalue weighted by Gasteiger charge is -2.11. The van der Waals surface area contributed by atoms with E-state index in [1.807, 2.05) is 42.5 Å². The monoisotopic (exact) mass is 402 g/mol. The van der Waals surface area contributed by atoms with Crippen LogP contribution >= 0.6 is 0 Å². The van der Waals surface area contributed by atoms with E-state index in [-0.39, 0.29) is 5.69 Å². The van der Waals surface area contributed by atoms with Gasteiger partial charge in [0, 0.05) is 29.5 Å². The second-order valence-corrected chi connectivity index (χ2v) is 6.25. The molecule has 0 bridgehead atoms. The number of para-hydroxylation sites is 1. The fourth-order valence-electron chi connectivity index (χ4n) is 2.74. The zero-order valence-electron chi connectivity index (χ0n) is 15.9. The van der Waals surface area contributed by atoms with Crippen LogP contribution in [0.25, 0.3) is 17.2 Å². The molecule has 0 saturated heterocycles. The summed E-state index contributed by atoms with van der Waals surface area (Å²) in [7, 11) is 0. The number of ether oxygens (including phenoxy) is 1. The fourth-order valence-corrected chi connectivity index (χ4v) is 2.74. The van der Waals surface area contributed by atoms with Gasteiger partial charge in [0.25, 0.3) is 11.6 Å². The molecule has 7 heteroatoms. The summed E-state index contributed by atoms with van der Waals surface area (Å²) in [5.74, 6) is -1.21. The zero-order chi connectivity index (χ0) is 21.3. The molecule has 1 N–H and O–H groups in total. The third kappa shape index (κ3) is 5.62. The van der Waals surface area contributed by atoms with Crippen LogP contribution in [0.5, 0.6) is 0 Å². The largest absolute Gasteiger partial charge is 0.452 e. The zero-order valence-corrected chi connectivity index (χ0v) is 15.9. The summed E-state index contributed by atoms with van der Waals surface area (Å²) in [6.07, 6.45) is 2.50. The molecule has 0 unspecified atom stereocenters. The van der Waals surface area contributed by atoms with E-state index in [9.17, 15) is 19.7 Å². The summed E-state index contributed by atoms with van der Waals surface area (Å²) in [6, 6.07) is 22.7. The first-order valence-corrected chi connectivity index (χ1v) is 9.06. The summed E-state index contributed by atoms with van der Waals surface area (Å²) in [5, 5.41) is 13.5. The van der Waals surface area contributed by atoms with Gasteiger partial charge in [-0.05, 0) is 23.3 Å². The second-order valence-electron chi connectivity index (χ2n) is 6.25. The summed E-state index contributed by atoms with van der Waals surface area (Å²) >= 11 is 0. The maximum atomic E-state index is 12.2. The van der Waals surface area contributed by atoms with Gasteiger partial charge in [0.1, 0.15) is 0 Å². The molecule has 0 heterocycles. The van der Waals surface area contributed by atoms with E-state index in [0.29, 0.717) is 11.3 Å². The Morgan fingerprint density at radius 3 is 2.47 bits per heavy atom. The molecule has 0 aromatic heterocycles. The highest BCUT2D eigenvalue weighted by atomic mass is 16.6. The number of anilines is 1. The van der Waals surface area contributed by atoms with E-state index in [0.717, 1.165) is 17.2 Å². The van der Waals surface area contributed by atoms with Gasteiger partial charge in [-0.25, -0.2) is 4.79 Å². The van der Waals surface area contributed by atoms with Gasteiger partial charge in [-0.3, -0.25) is 14.9 Å².